The third-order valence-corrected chi connectivity index (χ3v) is 5.40. The van der Waals surface area contributed by atoms with Gasteiger partial charge in [-0.1, -0.05) is 24.6 Å². The molecule has 1 aliphatic rings. The number of fused-ring (bicyclic) bond motifs is 1. The molecule has 1 unspecified atom stereocenters. The van der Waals surface area contributed by atoms with Crippen LogP contribution in [0.25, 0.3) is 0 Å². The van der Waals surface area contributed by atoms with Crippen LogP contribution in [0.3, 0.4) is 0 Å². The molecule has 1 atom stereocenters. The van der Waals surface area contributed by atoms with E-state index in [9.17, 15) is 4.79 Å². The number of hydrogen-bond donors (Lipinski definition) is 1. The number of rotatable bonds is 3. The molecule has 5 heteroatoms. The monoisotopic (exact) mass is 369 g/mol. The predicted molar refractivity (Wildman–Crippen MR) is 108 cm³/mol. The highest BCUT2D eigenvalue weighted by molar-refractivity contribution is 6.30. The summed E-state index contributed by atoms with van der Waals surface area (Å²) in [5.41, 5.74) is 6.78. The van der Waals surface area contributed by atoms with E-state index < -0.39 is 0 Å². The maximum atomic E-state index is 12.1. The molecule has 0 bridgehead atoms. The lowest BCUT2D eigenvalue weighted by atomic mass is 9.80. The summed E-state index contributed by atoms with van der Waals surface area (Å²) in [6.45, 7) is 6.80. The van der Waals surface area contributed by atoms with Crippen LogP contribution in [0.5, 0.6) is 0 Å². The molecule has 2 aromatic rings. The lowest BCUT2D eigenvalue weighted by molar-refractivity contribution is 0.0955. The molecule has 2 aromatic carbocycles. The molecule has 1 aliphatic heterocycles. The van der Waals surface area contributed by atoms with E-state index in [-0.39, 0.29) is 11.4 Å². The van der Waals surface area contributed by atoms with Gasteiger partial charge in [0.25, 0.3) is 5.91 Å². The third-order valence-electron chi connectivity index (χ3n) is 5.14. The molecule has 0 saturated heterocycles. The van der Waals surface area contributed by atoms with E-state index in [1.807, 2.05) is 6.07 Å². The van der Waals surface area contributed by atoms with Crippen LogP contribution in [0, 0.1) is 0 Å². The van der Waals surface area contributed by atoms with Crippen LogP contribution in [-0.4, -0.2) is 24.7 Å². The van der Waals surface area contributed by atoms with Gasteiger partial charge >= 0.3 is 0 Å². The van der Waals surface area contributed by atoms with Gasteiger partial charge in [0, 0.05) is 28.9 Å². The molecule has 1 heterocycles. The summed E-state index contributed by atoms with van der Waals surface area (Å²) in [6.07, 6.45) is 2.78. The van der Waals surface area contributed by atoms with Gasteiger partial charge in [-0.15, -0.1) is 0 Å². The van der Waals surface area contributed by atoms with Crippen LogP contribution in [0.15, 0.2) is 47.6 Å². The van der Waals surface area contributed by atoms with Crippen molar-refractivity contribution in [1.82, 2.24) is 5.43 Å². The molecular weight excluding hydrogens is 346 g/mol. The van der Waals surface area contributed by atoms with Gasteiger partial charge in [0.15, 0.2) is 0 Å². The first-order valence-corrected chi connectivity index (χ1v) is 9.12. The Morgan fingerprint density at radius 3 is 2.65 bits per heavy atom. The zero-order valence-corrected chi connectivity index (χ0v) is 16.3. The summed E-state index contributed by atoms with van der Waals surface area (Å²) in [4.78, 5) is 14.4. The number of carbonyl (C=O) groups excluding carboxylic acids is 1. The van der Waals surface area contributed by atoms with Crippen LogP contribution in [0.1, 0.15) is 54.6 Å². The predicted octanol–water partition coefficient (Wildman–Crippen LogP) is 4.83. The number of hydrogen-bond acceptors (Lipinski definition) is 3. The van der Waals surface area contributed by atoms with Crippen LogP contribution >= 0.6 is 11.6 Å². The lowest BCUT2D eigenvalue weighted by Crippen LogP contribution is -2.45. The third kappa shape index (κ3) is 3.75. The first-order chi connectivity index (χ1) is 12.3. The number of halogens is 1. The zero-order valence-electron chi connectivity index (χ0n) is 15.6. The van der Waals surface area contributed by atoms with E-state index in [0.717, 1.165) is 12.0 Å². The fourth-order valence-corrected chi connectivity index (χ4v) is 3.63. The standard InChI is InChI=1S/C21H24ClN3O/c1-14-12-21(2,3)25(4)19-10-5-15(11-18(14)19)13-23-24-20(26)16-6-8-17(22)9-7-16/h5-11,13-14H,12H2,1-4H3,(H,24,26)/b23-13-. The minimum Gasteiger partial charge on any atom is -0.369 e. The smallest absolute Gasteiger partial charge is 0.271 e. The van der Waals surface area contributed by atoms with Crippen LogP contribution in [0.2, 0.25) is 5.02 Å². The minimum absolute atomic E-state index is 0.147. The second-order valence-electron chi connectivity index (χ2n) is 7.50. The number of nitrogens with one attached hydrogen (secondary N) is 1. The summed E-state index contributed by atoms with van der Waals surface area (Å²) >= 11 is 5.83. The molecule has 0 aliphatic carbocycles. The van der Waals surface area contributed by atoms with E-state index in [1.54, 1.807) is 30.5 Å². The summed E-state index contributed by atoms with van der Waals surface area (Å²) in [6, 6.07) is 13.0. The number of amides is 1. The first-order valence-electron chi connectivity index (χ1n) is 8.75. The largest absolute Gasteiger partial charge is 0.369 e. The fraction of sp³-hybridized carbons (Fsp3) is 0.333. The summed E-state index contributed by atoms with van der Waals surface area (Å²) in [7, 11) is 2.14. The molecule has 1 N–H and O–H groups in total. The van der Waals surface area contributed by atoms with Crippen LogP contribution < -0.4 is 10.3 Å². The normalized spacial score (nSPS) is 18.7. The van der Waals surface area contributed by atoms with Crippen molar-refractivity contribution in [2.45, 2.75) is 38.6 Å². The Hall–Kier alpha value is -2.33. The Balaban J connectivity index is 1.73. The molecule has 4 nitrogen and oxygen atoms in total. The van der Waals surface area contributed by atoms with Crippen molar-refractivity contribution in [1.29, 1.82) is 0 Å². The number of hydrazone groups is 1. The zero-order chi connectivity index (χ0) is 18.9. The van der Waals surface area contributed by atoms with Crippen molar-refractivity contribution in [3.63, 3.8) is 0 Å². The molecule has 0 aromatic heterocycles. The summed E-state index contributed by atoms with van der Waals surface area (Å²) in [5.74, 6) is 0.221. The molecule has 3 rings (SSSR count). The fourth-order valence-electron chi connectivity index (χ4n) is 3.51. The number of carbonyl (C=O) groups is 1. The molecule has 26 heavy (non-hydrogen) atoms. The van der Waals surface area contributed by atoms with E-state index in [0.29, 0.717) is 16.5 Å². The Morgan fingerprint density at radius 2 is 1.96 bits per heavy atom. The van der Waals surface area contributed by atoms with Gasteiger partial charge in [-0.3, -0.25) is 4.79 Å². The highest BCUT2D eigenvalue weighted by Crippen LogP contribution is 2.42. The Labute approximate surface area is 159 Å². The Kier molecular flexibility index (Phi) is 5.05. The average Bonchev–Trinajstić information content (AvgIpc) is 2.60. The maximum Gasteiger partial charge on any atom is 0.271 e. The number of nitrogens with zero attached hydrogens (tertiary/aromatic N) is 2. The van der Waals surface area contributed by atoms with E-state index in [2.05, 4.69) is 55.4 Å². The molecule has 0 radical (unpaired) electrons. The SMILES string of the molecule is CC1CC(C)(C)N(C)c2ccc(/C=N\NC(=O)c3ccc(Cl)cc3)cc21. The van der Waals surface area contributed by atoms with E-state index in [1.165, 1.54) is 11.3 Å². The maximum absolute atomic E-state index is 12.1. The van der Waals surface area contributed by atoms with Gasteiger partial charge in [0.05, 0.1) is 6.21 Å². The molecule has 0 saturated carbocycles. The molecular formula is C21H24ClN3O. The number of anilines is 1. The summed E-state index contributed by atoms with van der Waals surface area (Å²) < 4.78 is 0. The molecule has 0 fully saturated rings. The molecule has 136 valence electrons. The number of benzene rings is 2. The van der Waals surface area contributed by atoms with Crippen LogP contribution in [-0.2, 0) is 0 Å². The van der Waals surface area contributed by atoms with E-state index >= 15 is 0 Å². The van der Waals surface area contributed by atoms with Crippen molar-refractivity contribution >= 4 is 29.4 Å². The van der Waals surface area contributed by atoms with Gasteiger partial charge in [-0.2, -0.15) is 5.10 Å². The highest BCUT2D eigenvalue weighted by Gasteiger charge is 2.33. The van der Waals surface area contributed by atoms with E-state index in [4.69, 9.17) is 11.6 Å². The first kappa shape index (κ1) is 18.5. The van der Waals surface area contributed by atoms with Gasteiger partial charge in [0.1, 0.15) is 0 Å². The lowest BCUT2D eigenvalue weighted by Gasteiger charge is -2.45. The molecule has 1 amide bonds. The Bertz CT molecular complexity index is 843. The van der Waals surface area contributed by atoms with Crippen LogP contribution in [0.4, 0.5) is 5.69 Å². The van der Waals surface area contributed by atoms with Gasteiger partial charge in [0.2, 0.25) is 0 Å². The second kappa shape index (κ2) is 7.12. The topological polar surface area (TPSA) is 44.7 Å². The van der Waals surface area contributed by atoms with Crippen molar-refractivity contribution in [2.75, 3.05) is 11.9 Å². The van der Waals surface area contributed by atoms with Crippen molar-refractivity contribution < 1.29 is 4.79 Å². The highest BCUT2D eigenvalue weighted by atomic mass is 35.5. The van der Waals surface area contributed by atoms with Crippen molar-refractivity contribution in [2.24, 2.45) is 5.10 Å². The van der Waals surface area contributed by atoms with Gasteiger partial charge in [-0.05, 0) is 73.7 Å². The average molecular weight is 370 g/mol. The summed E-state index contributed by atoms with van der Waals surface area (Å²) in [5, 5.41) is 4.69. The minimum atomic E-state index is -0.259. The van der Waals surface area contributed by atoms with Crippen molar-refractivity contribution in [3.05, 3.63) is 64.2 Å². The second-order valence-corrected chi connectivity index (χ2v) is 7.94. The molecule has 0 spiro atoms. The quantitative estimate of drug-likeness (QED) is 0.622. The van der Waals surface area contributed by atoms with Gasteiger partial charge < -0.3 is 4.90 Å². The van der Waals surface area contributed by atoms with Gasteiger partial charge in [-0.25, -0.2) is 5.43 Å². The Morgan fingerprint density at radius 1 is 1.27 bits per heavy atom. The van der Waals surface area contributed by atoms with Crippen molar-refractivity contribution in [3.8, 4) is 0 Å².